The molecule has 9 heteroatoms. The molecule has 5 nitrogen and oxygen atoms in total. The summed E-state index contributed by atoms with van der Waals surface area (Å²) in [7, 11) is -3.62. The number of carbonyl (C=O) groups is 1. The summed E-state index contributed by atoms with van der Waals surface area (Å²) in [4.78, 5) is 13.2. The highest BCUT2D eigenvalue weighted by molar-refractivity contribution is 7.92. The maximum Gasteiger partial charge on any atom is 0.501 e. The second-order valence-electron chi connectivity index (χ2n) is 5.33. The number of benzene rings is 1. The fraction of sp³-hybridized carbons (Fsp3) is 0.500. The Morgan fingerprint density at radius 1 is 1.30 bits per heavy atom. The van der Waals surface area contributed by atoms with Crippen LogP contribution in [0.2, 0.25) is 0 Å². The number of alkyl halides is 3. The number of rotatable bonds is 4. The van der Waals surface area contributed by atoms with E-state index in [9.17, 15) is 26.4 Å². The number of nitrogens with one attached hydrogen (secondary N) is 1. The second kappa shape index (κ2) is 6.48. The Morgan fingerprint density at radius 2 is 1.91 bits per heavy atom. The molecule has 0 radical (unpaired) electrons. The van der Waals surface area contributed by atoms with Gasteiger partial charge in [0, 0.05) is 24.7 Å². The van der Waals surface area contributed by atoms with Crippen molar-refractivity contribution >= 4 is 15.7 Å². The van der Waals surface area contributed by atoms with Crippen molar-refractivity contribution in [2.24, 2.45) is 0 Å². The molecule has 23 heavy (non-hydrogen) atoms. The van der Waals surface area contributed by atoms with Crippen molar-refractivity contribution in [3.63, 3.8) is 0 Å². The van der Waals surface area contributed by atoms with Gasteiger partial charge in [-0.1, -0.05) is 0 Å². The van der Waals surface area contributed by atoms with Crippen LogP contribution in [0.4, 0.5) is 13.2 Å². The van der Waals surface area contributed by atoms with Gasteiger partial charge in [-0.05, 0) is 44.2 Å². The fourth-order valence-corrected chi connectivity index (χ4v) is 3.39. The Hall–Kier alpha value is -1.61. The maximum atomic E-state index is 12.5. The van der Waals surface area contributed by atoms with Gasteiger partial charge >= 0.3 is 5.51 Å². The molecule has 128 valence electrons. The van der Waals surface area contributed by atoms with Crippen LogP contribution in [0.1, 0.15) is 23.2 Å². The van der Waals surface area contributed by atoms with Gasteiger partial charge in [-0.15, -0.1) is 0 Å². The molecular formula is C14H17F3N2O3S. The summed E-state index contributed by atoms with van der Waals surface area (Å²) in [5.41, 5.74) is -5.18. The lowest BCUT2D eigenvalue weighted by molar-refractivity contribution is -0.0436. The van der Waals surface area contributed by atoms with Gasteiger partial charge in [0.1, 0.15) is 0 Å². The molecular weight excluding hydrogens is 333 g/mol. The molecule has 2 rings (SSSR count). The van der Waals surface area contributed by atoms with Crippen molar-refractivity contribution in [2.75, 3.05) is 20.1 Å². The van der Waals surface area contributed by atoms with E-state index in [0.717, 1.165) is 37.1 Å². The highest BCUT2D eigenvalue weighted by atomic mass is 32.2. The van der Waals surface area contributed by atoms with Crippen molar-refractivity contribution in [2.45, 2.75) is 29.3 Å². The summed E-state index contributed by atoms with van der Waals surface area (Å²) < 4.78 is 60.1. The Balaban J connectivity index is 2.21. The normalized spacial score (nSPS) is 19.1. The molecule has 1 unspecified atom stereocenters. The van der Waals surface area contributed by atoms with Crippen LogP contribution in [0.25, 0.3) is 0 Å². The number of carbonyl (C=O) groups excluding carboxylic acids is 1. The van der Waals surface area contributed by atoms with E-state index >= 15 is 0 Å². The van der Waals surface area contributed by atoms with E-state index in [-0.39, 0.29) is 17.5 Å². The van der Waals surface area contributed by atoms with Crippen LogP contribution in [-0.2, 0) is 9.84 Å². The summed E-state index contributed by atoms with van der Waals surface area (Å²) in [6, 6.07) is 3.91. The summed E-state index contributed by atoms with van der Waals surface area (Å²) >= 11 is 0. The van der Waals surface area contributed by atoms with Crippen LogP contribution in [0.5, 0.6) is 0 Å². The minimum Gasteiger partial charge on any atom is -0.334 e. The molecule has 1 atom stereocenters. The number of halogens is 3. The Labute approximate surface area is 132 Å². The second-order valence-corrected chi connectivity index (χ2v) is 7.27. The average Bonchev–Trinajstić information content (AvgIpc) is 2.94. The molecule has 1 aliphatic heterocycles. The van der Waals surface area contributed by atoms with Gasteiger partial charge in [0.25, 0.3) is 15.7 Å². The Bertz CT molecular complexity index is 672. The predicted octanol–water partition coefficient (Wildman–Crippen LogP) is 1.80. The summed E-state index contributed by atoms with van der Waals surface area (Å²) in [6.07, 6.45) is 1.71. The summed E-state index contributed by atoms with van der Waals surface area (Å²) in [5, 5.41) is 2.99. The molecule has 1 amide bonds. The number of nitrogens with zero attached hydrogens (tertiary/aromatic N) is 1. The molecule has 1 aromatic rings. The number of likely N-dealkylation sites (N-methyl/N-ethyl adjacent to an activating group) is 1. The lowest BCUT2D eigenvalue weighted by Crippen LogP contribution is -2.40. The van der Waals surface area contributed by atoms with Gasteiger partial charge in [0.2, 0.25) is 0 Å². The van der Waals surface area contributed by atoms with E-state index in [1.54, 1.807) is 11.9 Å². The van der Waals surface area contributed by atoms with E-state index in [1.807, 2.05) is 0 Å². The summed E-state index contributed by atoms with van der Waals surface area (Å²) in [5.74, 6) is -0.307. The number of sulfone groups is 1. The van der Waals surface area contributed by atoms with Crippen molar-refractivity contribution < 1.29 is 26.4 Å². The third-order valence-electron chi connectivity index (χ3n) is 3.79. The van der Waals surface area contributed by atoms with Gasteiger partial charge < -0.3 is 10.2 Å². The third kappa shape index (κ3) is 3.50. The zero-order valence-corrected chi connectivity index (χ0v) is 13.2. The first-order chi connectivity index (χ1) is 10.7. The SMILES string of the molecule is CNCC1CCCN1C(=O)c1ccc(S(=O)(=O)C(F)(F)F)cc1. The third-order valence-corrected chi connectivity index (χ3v) is 5.30. The van der Waals surface area contributed by atoms with Gasteiger partial charge in [-0.3, -0.25) is 4.79 Å². The van der Waals surface area contributed by atoms with E-state index in [4.69, 9.17) is 0 Å². The average molecular weight is 350 g/mol. The Kier molecular flexibility index (Phi) is 5.00. The van der Waals surface area contributed by atoms with Gasteiger partial charge in [-0.2, -0.15) is 13.2 Å². The number of hydrogen-bond donors (Lipinski definition) is 1. The number of hydrogen-bond acceptors (Lipinski definition) is 4. The molecule has 0 bridgehead atoms. The topological polar surface area (TPSA) is 66.5 Å². The van der Waals surface area contributed by atoms with Crippen LogP contribution in [0.15, 0.2) is 29.2 Å². The first-order valence-electron chi connectivity index (χ1n) is 7.05. The first kappa shape index (κ1) is 17.7. The van der Waals surface area contributed by atoms with Crippen molar-refractivity contribution in [1.82, 2.24) is 10.2 Å². The molecule has 0 spiro atoms. The fourth-order valence-electron chi connectivity index (χ4n) is 2.63. The lowest BCUT2D eigenvalue weighted by Gasteiger charge is -2.24. The maximum absolute atomic E-state index is 12.5. The first-order valence-corrected chi connectivity index (χ1v) is 8.54. The molecule has 1 N–H and O–H groups in total. The van der Waals surface area contributed by atoms with Crippen LogP contribution >= 0.6 is 0 Å². The number of likely N-dealkylation sites (tertiary alicyclic amines) is 1. The molecule has 1 aromatic carbocycles. The quantitative estimate of drug-likeness (QED) is 0.899. The predicted molar refractivity (Wildman–Crippen MR) is 77.7 cm³/mol. The Morgan fingerprint density at radius 3 is 2.43 bits per heavy atom. The van der Waals surface area contributed by atoms with Crippen LogP contribution in [0.3, 0.4) is 0 Å². The minimum atomic E-state index is -5.39. The molecule has 0 aromatic heterocycles. The van der Waals surface area contributed by atoms with Crippen molar-refractivity contribution in [1.29, 1.82) is 0 Å². The van der Waals surface area contributed by atoms with Crippen LogP contribution < -0.4 is 5.32 Å². The molecule has 0 saturated carbocycles. The van der Waals surface area contributed by atoms with Gasteiger partial charge in [-0.25, -0.2) is 8.42 Å². The smallest absolute Gasteiger partial charge is 0.334 e. The molecule has 1 heterocycles. The van der Waals surface area contributed by atoms with Crippen molar-refractivity contribution in [3.8, 4) is 0 Å². The largest absolute Gasteiger partial charge is 0.501 e. The molecule has 1 aliphatic rings. The molecule has 0 aliphatic carbocycles. The summed E-state index contributed by atoms with van der Waals surface area (Å²) in [6.45, 7) is 1.21. The van der Waals surface area contributed by atoms with Crippen LogP contribution in [0, 0.1) is 0 Å². The van der Waals surface area contributed by atoms with Gasteiger partial charge in [0.05, 0.1) is 4.90 Å². The highest BCUT2D eigenvalue weighted by Crippen LogP contribution is 2.30. The molecule has 1 saturated heterocycles. The monoisotopic (exact) mass is 350 g/mol. The minimum absolute atomic E-state index is 0.0334. The lowest BCUT2D eigenvalue weighted by atomic mass is 10.1. The van der Waals surface area contributed by atoms with E-state index in [0.29, 0.717) is 13.1 Å². The van der Waals surface area contributed by atoms with E-state index in [2.05, 4.69) is 5.32 Å². The zero-order valence-electron chi connectivity index (χ0n) is 12.4. The van der Waals surface area contributed by atoms with E-state index < -0.39 is 20.2 Å². The standard InChI is InChI=1S/C14H17F3N2O3S/c1-18-9-11-3-2-8-19(11)13(20)10-4-6-12(7-5-10)23(21,22)14(15,16)17/h4-7,11,18H,2-3,8-9H2,1H3. The van der Waals surface area contributed by atoms with E-state index in [1.165, 1.54) is 0 Å². The number of amides is 1. The highest BCUT2D eigenvalue weighted by Gasteiger charge is 2.46. The van der Waals surface area contributed by atoms with Crippen molar-refractivity contribution in [3.05, 3.63) is 29.8 Å². The van der Waals surface area contributed by atoms with Crippen LogP contribution in [-0.4, -0.2) is 50.9 Å². The van der Waals surface area contributed by atoms with Gasteiger partial charge in [0.15, 0.2) is 0 Å². The zero-order chi connectivity index (χ0) is 17.3. The molecule has 1 fully saturated rings.